The van der Waals surface area contributed by atoms with E-state index in [0.717, 1.165) is 17.0 Å². The fourth-order valence-corrected chi connectivity index (χ4v) is 3.60. The molecule has 3 amide bonds. The Bertz CT molecular complexity index is 1100. The van der Waals surface area contributed by atoms with E-state index >= 15 is 0 Å². The Labute approximate surface area is 181 Å². The van der Waals surface area contributed by atoms with Gasteiger partial charge in [0.25, 0.3) is 17.7 Å². The highest BCUT2D eigenvalue weighted by Crippen LogP contribution is 2.28. The number of anilines is 1. The lowest BCUT2D eigenvalue weighted by atomic mass is 10.1. The molecule has 1 aliphatic heterocycles. The maximum atomic E-state index is 12.6. The SMILES string of the molecule is CN(C)Cc1ccc(CNC(=O)c2ccc(N3C(=O)c4ccccc4C3=O)cc2)cc1. The Kier molecular flexibility index (Phi) is 5.64. The van der Waals surface area contributed by atoms with E-state index in [9.17, 15) is 14.4 Å². The molecule has 1 aliphatic rings. The summed E-state index contributed by atoms with van der Waals surface area (Å²) in [5.41, 5.74) is 3.92. The average molecular weight is 413 g/mol. The lowest BCUT2D eigenvalue weighted by molar-refractivity contribution is 0.0923. The van der Waals surface area contributed by atoms with Crippen LogP contribution >= 0.6 is 0 Å². The van der Waals surface area contributed by atoms with Gasteiger partial charge in [-0.05, 0) is 61.6 Å². The summed E-state index contributed by atoms with van der Waals surface area (Å²) < 4.78 is 0. The van der Waals surface area contributed by atoms with Crippen molar-refractivity contribution in [2.75, 3.05) is 19.0 Å². The van der Waals surface area contributed by atoms with Crippen LogP contribution in [0.1, 0.15) is 42.2 Å². The molecule has 0 atom stereocenters. The van der Waals surface area contributed by atoms with E-state index in [1.165, 1.54) is 5.56 Å². The van der Waals surface area contributed by atoms with Crippen molar-refractivity contribution in [3.63, 3.8) is 0 Å². The molecule has 0 fully saturated rings. The van der Waals surface area contributed by atoms with Crippen molar-refractivity contribution >= 4 is 23.4 Å². The van der Waals surface area contributed by atoms with Gasteiger partial charge in [-0.15, -0.1) is 0 Å². The standard InChI is InChI=1S/C25H23N3O3/c1-27(2)16-18-9-7-17(8-10-18)15-26-23(29)19-11-13-20(14-12-19)28-24(30)21-5-3-4-6-22(21)25(28)31/h3-14H,15-16H2,1-2H3,(H,26,29). The highest BCUT2D eigenvalue weighted by molar-refractivity contribution is 6.34. The molecule has 1 heterocycles. The summed E-state index contributed by atoms with van der Waals surface area (Å²) in [6.07, 6.45) is 0. The number of nitrogens with one attached hydrogen (secondary N) is 1. The summed E-state index contributed by atoms with van der Waals surface area (Å²) in [7, 11) is 4.04. The summed E-state index contributed by atoms with van der Waals surface area (Å²) in [6, 6.07) is 21.3. The third-order valence-corrected chi connectivity index (χ3v) is 5.16. The highest BCUT2D eigenvalue weighted by atomic mass is 16.2. The Hall–Kier alpha value is -3.77. The molecule has 0 aliphatic carbocycles. The van der Waals surface area contributed by atoms with E-state index in [1.807, 2.05) is 26.2 Å². The number of rotatable bonds is 6. The molecular weight excluding hydrogens is 390 g/mol. The van der Waals surface area contributed by atoms with Gasteiger partial charge in [0.15, 0.2) is 0 Å². The van der Waals surface area contributed by atoms with Crippen molar-refractivity contribution in [1.29, 1.82) is 0 Å². The van der Waals surface area contributed by atoms with Crippen molar-refractivity contribution in [3.8, 4) is 0 Å². The largest absolute Gasteiger partial charge is 0.348 e. The number of hydrogen-bond donors (Lipinski definition) is 1. The number of amides is 3. The van der Waals surface area contributed by atoms with Gasteiger partial charge in [0, 0.05) is 18.7 Å². The second-order valence-corrected chi connectivity index (χ2v) is 7.78. The van der Waals surface area contributed by atoms with Gasteiger partial charge in [-0.25, -0.2) is 4.90 Å². The molecule has 0 saturated carbocycles. The lowest BCUT2D eigenvalue weighted by Crippen LogP contribution is -2.29. The van der Waals surface area contributed by atoms with Crippen molar-refractivity contribution in [2.24, 2.45) is 0 Å². The molecule has 3 aromatic carbocycles. The summed E-state index contributed by atoms with van der Waals surface area (Å²) in [4.78, 5) is 40.9. The second kappa shape index (κ2) is 8.53. The smallest absolute Gasteiger partial charge is 0.266 e. The first-order valence-corrected chi connectivity index (χ1v) is 10.0. The first-order valence-electron chi connectivity index (χ1n) is 10.0. The van der Waals surface area contributed by atoms with Crippen LogP contribution in [0.4, 0.5) is 5.69 Å². The van der Waals surface area contributed by atoms with Crippen LogP contribution in [-0.4, -0.2) is 36.7 Å². The number of fused-ring (bicyclic) bond motifs is 1. The van der Waals surface area contributed by atoms with E-state index in [-0.39, 0.29) is 17.7 Å². The predicted molar refractivity (Wildman–Crippen MR) is 119 cm³/mol. The molecule has 4 rings (SSSR count). The molecule has 0 spiro atoms. The molecular formula is C25H23N3O3. The quantitative estimate of drug-likeness (QED) is 0.628. The van der Waals surface area contributed by atoms with Crippen LogP contribution in [0.2, 0.25) is 0 Å². The van der Waals surface area contributed by atoms with Gasteiger partial charge in [-0.1, -0.05) is 36.4 Å². The topological polar surface area (TPSA) is 69.7 Å². The molecule has 0 saturated heterocycles. The van der Waals surface area contributed by atoms with Crippen molar-refractivity contribution < 1.29 is 14.4 Å². The number of hydrogen-bond acceptors (Lipinski definition) is 4. The molecule has 156 valence electrons. The van der Waals surface area contributed by atoms with Gasteiger partial charge in [0.2, 0.25) is 0 Å². The van der Waals surface area contributed by atoms with Crippen LogP contribution in [0, 0.1) is 0 Å². The summed E-state index contributed by atoms with van der Waals surface area (Å²) in [5, 5.41) is 2.90. The van der Waals surface area contributed by atoms with E-state index in [2.05, 4.69) is 22.3 Å². The monoisotopic (exact) mass is 413 g/mol. The Morgan fingerprint density at radius 1 is 0.806 bits per heavy atom. The van der Waals surface area contributed by atoms with Crippen molar-refractivity contribution in [3.05, 3.63) is 101 Å². The van der Waals surface area contributed by atoms with E-state index < -0.39 is 0 Å². The van der Waals surface area contributed by atoms with Crippen molar-refractivity contribution in [2.45, 2.75) is 13.1 Å². The fourth-order valence-electron chi connectivity index (χ4n) is 3.60. The highest BCUT2D eigenvalue weighted by Gasteiger charge is 2.36. The molecule has 6 heteroatoms. The van der Waals surface area contributed by atoms with Crippen LogP contribution in [0.15, 0.2) is 72.8 Å². The molecule has 0 radical (unpaired) electrons. The minimum atomic E-state index is -0.351. The van der Waals surface area contributed by atoms with Gasteiger partial charge in [-0.3, -0.25) is 14.4 Å². The summed E-state index contributed by atoms with van der Waals surface area (Å²) >= 11 is 0. The number of benzene rings is 3. The first-order chi connectivity index (χ1) is 14.9. The average Bonchev–Trinajstić information content (AvgIpc) is 3.03. The Morgan fingerprint density at radius 2 is 1.35 bits per heavy atom. The lowest BCUT2D eigenvalue weighted by Gasteiger charge is -2.14. The molecule has 1 N–H and O–H groups in total. The molecule has 0 aromatic heterocycles. The van der Waals surface area contributed by atoms with Gasteiger partial charge in [-0.2, -0.15) is 0 Å². The third kappa shape index (κ3) is 4.25. The maximum Gasteiger partial charge on any atom is 0.266 e. The van der Waals surface area contributed by atoms with E-state index in [4.69, 9.17) is 0 Å². The predicted octanol–water partition coefficient (Wildman–Crippen LogP) is 3.48. The summed E-state index contributed by atoms with van der Waals surface area (Å²) in [5.74, 6) is -0.919. The summed E-state index contributed by atoms with van der Waals surface area (Å²) in [6.45, 7) is 1.29. The van der Waals surface area contributed by atoms with E-state index in [0.29, 0.717) is 28.9 Å². The zero-order valence-electron chi connectivity index (χ0n) is 17.5. The Morgan fingerprint density at radius 3 is 1.90 bits per heavy atom. The molecule has 0 unspecified atom stereocenters. The number of imide groups is 1. The van der Waals surface area contributed by atoms with Crippen LogP contribution in [-0.2, 0) is 13.1 Å². The second-order valence-electron chi connectivity index (χ2n) is 7.78. The molecule has 0 bridgehead atoms. The van der Waals surface area contributed by atoms with Crippen LogP contribution in [0.25, 0.3) is 0 Å². The fraction of sp³-hybridized carbons (Fsp3) is 0.160. The minimum Gasteiger partial charge on any atom is -0.348 e. The van der Waals surface area contributed by atoms with Gasteiger partial charge >= 0.3 is 0 Å². The number of carbonyl (C=O) groups excluding carboxylic acids is 3. The number of nitrogens with zero attached hydrogens (tertiary/aromatic N) is 2. The van der Waals surface area contributed by atoms with Gasteiger partial charge in [0.1, 0.15) is 0 Å². The van der Waals surface area contributed by atoms with Crippen molar-refractivity contribution in [1.82, 2.24) is 10.2 Å². The maximum absolute atomic E-state index is 12.6. The third-order valence-electron chi connectivity index (χ3n) is 5.16. The molecule has 6 nitrogen and oxygen atoms in total. The number of carbonyl (C=O) groups is 3. The van der Waals surface area contributed by atoms with Crippen LogP contribution in [0.3, 0.4) is 0 Å². The minimum absolute atomic E-state index is 0.216. The van der Waals surface area contributed by atoms with Gasteiger partial charge in [0.05, 0.1) is 16.8 Å². The molecule has 3 aromatic rings. The zero-order valence-corrected chi connectivity index (χ0v) is 17.5. The molecule has 31 heavy (non-hydrogen) atoms. The van der Waals surface area contributed by atoms with Crippen LogP contribution in [0.5, 0.6) is 0 Å². The Balaban J connectivity index is 1.40. The zero-order chi connectivity index (χ0) is 22.0. The first kappa shape index (κ1) is 20.5. The van der Waals surface area contributed by atoms with Gasteiger partial charge < -0.3 is 10.2 Å². The van der Waals surface area contributed by atoms with E-state index in [1.54, 1.807) is 48.5 Å². The normalized spacial score (nSPS) is 12.9. The van der Waals surface area contributed by atoms with Crippen LogP contribution < -0.4 is 10.2 Å².